The Kier molecular flexibility index (Phi) is 6.66. The Labute approximate surface area is 117 Å². The van der Waals surface area contributed by atoms with Gasteiger partial charge in [-0.1, -0.05) is 12.1 Å². The fourth-order valence-corrected chi connectivity index (χ4v) is 1.62. The number of nitrogens with zero attached hydrogens (tertiary/aromatic N) is 1. The molecule has 0 radical (unpaired) electrons. The normalized spacial score (nSPS) is 10.2. The molecule has 0 aliphatic heterocycles. The largest absolute Gasteiger partial charge is 0.375 e. The van der Waals surface area contributed by atoms with Crippen molar-refractivity contribution in [3.8, 4) is 0 Å². The molecule has 0 fully saturated rings. The van der Waals surface area contributed by atoms with Gasteiger partial charge in [-0.15, -0.1) is 0 Å². The number of amides is 2. The summed E-state index contributed by atoms with van der Waals surface area (Å²) in [4.78, 5) is 24.7. The minimum atomic E-state index is -0.317. The van der Waals surface area contributed by atoms with Gasteiger partial charge in [0.05, 0.1) is 6.54 Å². The number of carbonyl (C=O) groups is 2. The maximum absolute atomic E-state index is 12.7. The van der Waals surface area contributed by atoms with Crippen LogP contribution in [0.4, 0.5) is 4.39 Å². The van der Waals surface area contributed by atoms with E-state index >= 15 is 0 Å². The molecule has 0 unspecified atom stereocenters. The van der Waals surface area contributed by atoms with Crippen LogP contribution in [0.3, 0.4) is 0 Å². The van der Waals surface area contributed by atoms with Gasteiger partial charge in [-0.3, -0.25) is 9.59 Å². The average Bonchev–Trinajstić information content (AvgIpc) is 2.44. The van der Waals surface area contributed by atoms with Crippen LogP contribution < -0.4 is 5.32 Å². The van der Waals surface area contributed by atoms with Crippen molar-refractivity contribution in [3.63, 3.8) is 0 Å². The van der Waals surface area contributed by atoms with Gasteiger partial charge in [0.1, 0.15) is 12.4 Å². The van der Waals surface area contributed by atoms with E-state index in [9.17, 15) is 14.0 Å². The van der Waals surface area contributed by atoms with Crippen molar-refractivity contribution in [2.24, 2.45) is 0 Å². The zero-order valence-corrected chi connectivity index (χ0v) is 11.7. The third-order valence-corrected chi connectivity index (χ3v) is 2.74. The Morgan fingerprint density at radius 2 is 1.95 bits per heavy atom. The first-order chi connectivity index (χ1) is 9.56. The average molecular weight is 282 g/mol. The molecular formula is C14H19FN2O3. The molecule has 0 heterocycles. The number of benzene rings is 1. The minimum absolute atomic E-state index is 0.0140. The molecule has 0 atom stereocenters. The molecule has 1 aromatic carbocycles. The maximum Gasteiger partial charge on any atom is 0.249 e. The van der Waals surface area contributed by atoms with Gasteiger partial charge < -0.3 is 15.0 Å². The van der Waals surface area contributed by atoms with Gasteiger partial charge >= 0.3 is 0 Å². The van der Waals surface area contributed by atoms with E-state index in [1.807, 2.05) is 0 Å². The maximum atomic E-state index is 12.7. The predicted molar refractivity (Wildman–Crippen MR) is 72.4 cm³/mol. The second-order valence-corrected chi connectivity index (χ2v) is 4.24. The third-order valence-electron chi connectivity index (χ3n) is 2.74. The molecule has 2 amide bonds. The number of hydrogen-bond donors (Lipinski definition) is 1. The lowest BCUT2D eigenvalue weighted by Crippen LogP contribution is -2.41. The van der Waals surface area contributed by atoms with Crippen molar-refractivity contribution in [3.05, 3.63) is 35.6 Å². The van der Waals surface area contributed by atoms with Crippen LogP contribution >= 0.6 is 0 Å². The molecule has 6 heteroatoms. The molecule has 1 rings (SSSR count). The monoisotopic (exact) mass is 282 g/mol. The van der Waals surface area contributed by atoms with Gasteiger partial charge in [-0.05, 0) is 24.6 Å². The first-order valence-electron chi connectivity index (χ1n) is 6.34. The third kappa shape index (κ3) is 5.36. The van der Waals surface area contributed by atoms with Crippen molar-refractivity contribution in [2.75, 3.05) is 26.8 Å². The van der Waals surface area contributed by atoms with E-state index in [1.165, 1.54) is 24.1 Å². The lowest BCUT2D eigenvalue weighted by atomic mass is 10.2. The number of carbonyl (C=O) groups excluding carboxylic acids is 2. The van der Waals surface area contributed by atoms with Crippen LogP contribution in [0.2, 0.25) is 0 Å². The first kappa shape index (κ1) is 16.1. The second kappa shape index (κ2) is 8.27. The smallest absolute Gasteiger partial charge is 0.249 e. The Morgan fingerprint density at radius 1 is 1.30 bits per heavy atom. The van der Waals surface area contributed by atoms with Gasteiger partial charge in [-0.25, -0.2) is 4.39 Å². The number of ether oxygens (including phenoxy) is 1. The molecule has 0 spiro atoms. The van der Waals surface area contributed by atoms with Gasteiger partial charge in [0.15, 0.2) is 0 Å². The highest BCUT2D eigenvalue weighted by atomic mass is 19.1. The molecule has 1 aromatic rings. The summed E-state index contributed by atoms with van der Waals surface area (Å²) >= 11 is 0. The van der Waals surface area contributed by atoms with Crippen molar-refractivity contribution in [2.45, 2.75) is 13.5 Å². The molecule has 20 heavy (non-hydrogen) atoms. The molecule has 5 nitrogen and oxygen atoms in total. The van der Waals surface area contributed by atoms with Crippen LogP contribution in [0.25, 0.3) is 0 Å². The van der Waals surface area contributed by atoms with Crippen LogP contribution in [0.1, 0.15) is 12.5 Å². The Morgan fingerprint density at radius 3 is 2.50 bits per heavy atom. The van der Waals surface area contributed by atoms with Gasteiger partial charge in [0.25, 0.3) is 0 Å². The summed E-state index contributed by atoms with van der Waals surface area (Å²) in [6, 6.07) is 5.87. The number of halogens is 1. The van der Waals surface area contributed by atoms with E-state index in [4.69, 9.17) is 4.74 Å². The van der Waals surface area contributed by atoms with Gasteiger partial charge in [-0.2, -0.15) is 0 Å². The molecule has 0 aliphatic carbocycles. The van der Waals surface area contributed by atoms with E-state index in [1.54, 1.807) is 19.1 Å². The first-order valence-corrected chi connectivity index (χ1v) is 6.34. The standard InChI is InChI=1S/C14H19FN2O3/c1-3-17(14(19)10-20-2)9-13(18)16-8-11-4-6-12(15)7-5-11/h4-7H,3,8-10H2,1-2H3,(H,16,18). The summed E-state index contributed by atoms with van der Waals surface area (Å²) in [5.74, 6) is -0.810. The Hall–Kier alpha value is -1.95. The predicted octanol–water partition coefficient (Wildman–Crippen LogP) is 0.937. The van der Waals surface area contributed by atoms with Crippen molar-refractivity contribution >= 4 is 11.8 Å². The summed E-state index contributed by atoms with van der Waals surface area (Å²) in [5.41, 5.74) is 0.797. The van der Waals surface area contributed by atoms with E-state index < -0.39 is 0 Å². The summed E-state index contributed by atoms with van der Waals surface area (Å²) in [7, 11) is 1.43. The highest BCUT2D eigenvalue weighted by Gasteiger charge is 2.14. The zero-order valence-electron chi connectivity index (χ0n) is 11.7. The minimum Gasteiger partial charge on any atom is -0.375 e. The van der Waals surface area contributed by atoms with Crippen LogP contribution in [-0.2, 0) is 20.9 Å². The number of methoxy groups -OCH3 is 1. The number of hydrogen-bond acceptors (Lipinski definition) is 3. The van der Waals surface area contributed by atoms with E-state index in [0.29, 0.717) is 13.1 Å². The topological polar surface area (TPSA) is 58.6 Å². The van der Waals surface area contributed by atoms with E-state index in [-0.39, 0.29) is 30.8 Å². The molecule has 110 valence electrons. The van der Waals surface area contributed by atoms with Crippen LogP contribution in [0, 0.1) is 5.82 Å². The van der Waals surface area contributed by atoms with Gasteiger partial charge in [0, 0.05) is 20.2 Å². The SMILES string of the molecule is CCN(CC(=O)NCc1ccc(F)cc1)C(=O)COC. The van der Waals surface area contributed by atoms with Crippen molar-refractivity contribution in [1.82, 2.24) is 10.2 Å². The van der Waals surface area contributed by atoms with Crippen molar-refractivity contribution in [1.29, 1.82) is 0 Å². The number of rotatable bonds is 7. The van der Waals surface area contributed by atoms with E-state index in [2.05, 4.69) is 5.32 Å². The number of nitrogens with one attached hydrogen (secondary N) is 1. The van der Waals surface area contributed by atoms with Gasteiger partial charge in [0.2, 0.25) is 11.8 Å². The number of likely N-dealkylation sites (N-methyl/N-ethyl adjacent to an activating group) is 1. The Bertz CT molecular complexity index is 448. The fraction of sp³-hybridized carbons (Fsp3) is 0.429. The van der Waals surface area contributed by atoms with E-state index in [0.717, 1.165) is 5.56 Å². The van der Waals surface area contributed by atoms with Crippen LogP contribution in [0.5, 0.6) is 0 Å². The summed E-state index contributed by atoms with van der Waals surface area (Å²) in [5, 5.41) is 2.68. The second-order valence-electron chi connectivity index (χ2n) is 4.24. The molecule has 0 aromatic heterocycles. The molecular weight excluding hydrogens is 263 g/mol. The van der Waals surface area contributed by atoms with Crippen LogP contribution in [0.15, 0.2) is 24.3 Å². The highest BCUT2D eigenvalue weighted by Crippen LogP contribution is 2.02. The fourth-order valence-electron chi connectivity index (χ4n) is 1.62. The molecule has 0 bridgehead atoms. The Balaban J connectivity index is 2.42. The summed E-state index contributed by atoms with van der Waals surface area (Å²) in [6.07, 6.45) is 0. The quantitative estimate of drug-likeness (QED) is 0.809. The summed E-state index contributed by atoms with van der Waals surface area (Å²) in [6.45, 7) is 2.47. The zero-order chi connectivity index (χ0) is 15.0. The summed E-state index contributed by atoms with van der Waals surface area (Å²) < 4.78 is 17.5. The molecule has 0 saturated heterocycles. The lowest BCUT2D eigenvalue weighted by Gasteiger charge is -2.19. The van der Waals surface area contributed by atoms with Crippen molar-refractivity contribution < 1.29 is 18.7 Å². The highest BCUT2D eigenvalue weighted by molar-refractivity contribution is 5.85. The molecule has 0 aliphatic rings. The lowest BCUT2D eigenvalue weighted by molar-refractivity contribution is -0.138. The molecule has 1 N–H and O–H groups in total. The molecule has 0 saturated carbocycles. The van der Waals surface area contributed by atoms with Crippen LogP contribution in [-0.4, -0.2) is 43.5 Å².